The Morgan fingerprint density at radius 2 is 2.36 bits per heavy atom. The third-order valence-electron chi connectivity index (χ3n) is 1.00. The van der Waals surface area contributed by atoms with Crippen LogP contribution >= 0.6 is 0 Å². The fourth-order valence-electron chi connectivity index (χ4n) is 0.512. The van der Waals surface area contributed by atoms with Gasteiger partial charge < -0.3 is 4.98 Å². The topological polar surface area (TPSA) is 92.2 Å². The standard InChI is InChI=1S/C5H3N3O3/c9-4(8-11)3-1-6-5(10)7-2-3/h1-2H,(H,6,7,10). The van der Waals surface area contributed by atoms with Gasteiger partial charge in [0.05, 0.1) is 5.56 Å². The summed E-state index contributed by atoms with van der Waals surface area (Å²) < 4.78 is 0. The van der Waals surface area contributed by atoms with Crippen molar-refractivity contribution in [2.75, 3.05) is 0 Å². The zero-order valence-electron chi connectivity index (χ0n) is 5.27. The Bertz CT molecular complexity index is 323. The second-order valence-corrected chi connectivity index (χ2v) is 1.70. The van der Waals surface area contributed by atoms with Gasteiger partial charge in [-0.1, -0.05) is 0 Å². The van der Waals surface area contributed by atoms with Crippen LogP contribution < -0.4 is 5.69 Å². The normalized spacial score (nSPS) is 9.09. The number of hydrogen-bond donors (Lipinski definition) is 1. The van der Waals surface area contributed by atoms with Gasteiger partial charge in [-0.25, -0.2) is 9.78 Å². The fraction of sp³-hybridized carbons (Fsp3) is 0. The van der Waals surface area contributed by atoms with Gasteiger partial charge in [0, 0.05) is 17.6 Å². The zero-order chi connectivity index (χ0) is 8.27. The van der Waals surface area contributed by atoms with Crippen LogP contribution in [0.4, 0.5) is 0 Å². The van der Waals surface area contributed by atoms with Crippen LogP contribution in [-0.2, 0) is 0 Å². The largest absolute Gasteiger partial charge is 0.344 e. The number of aromatic amines is 1. The third kappa shape index (κ3) is 1.54. The number of carbonyl (C=O) groups is 1. The molecule has 0 fully saturated rings. The van der Waals surface area contributed by atoms with E-state index in [4.69, 9.17) is 0 Å². The predicted octanol–water partition coefficient (Wildman–Crippen LogP) is -0.323. The van der Waals surface area contributed by atoms with E-state index in [-0.39, 0.29) is 5.56 Å². The van der Waals surface area contributed by atoms with Gasteiger partial charge in [0.15, 0.2) is 0 Å². The molecule has 0 saturated carbocycles. The molecule has 56 valence electrons. The summed E-state index contributed by atoms with van der Waals surface area (Å²) in [7, 11) is 0. The van der Waals surface area contributed by atoms with E-state index in [0.717, 1.165) is 12.4 Å². The summed E-state index contributed by atoms with van der Waals surface area (Å²) in [6.07, 6.45) is 2.07. The number of nitroso groups, excluding NO2 is 1. The molecular formula is C5H3N3O3. The summed E-state index contributed by atoms with van der Waals surface area (Å²) in [5.41, 5.74) is -0.605. The van der Waals surface area contributed by atoms with Gasteiger partial charge in [-0.2, -0.15) is 0 Å². The van der Waals surface area contributed by atoms with E-state index in [1.807, 2.05) is 0 Å². The van der Waals surface area contributed by atoms with E-state index in [0.29, 0.717) is 0 Å². The number of rotatable bonds is 1. The summed E-state index contributed by atoms with van der Waals surface area (Å²) in [5.74, 6) is -0.950. The number of hydrogen-bond acceptors (Lipinski definition) is 4. The summed E-state index contributed by atoms with van der Waals surface area (Å²) in [6, 6.07) is 0. The number of amides is 1. The average Bonchev–Trinajstić information content (AvgIpc) is 2.05. The highest BCUT2D eigenvalue weighted by atomic mass is 16.3. The van der Waals surface area contributed by atoms with Crippen LogP contribution in [0.3, 0.4) is 0 Å². The van der Waals surface area contributed by atoms with Crippen molar-refractivity contribution in [3.8, 4) is 0 Å². The fourth-order valence-corrected chi connectivity index (χ4v) is 0.512. The molecule has 1 amide bonds. The highest BCUT2D eigenvalue weighted by molar-refractivity contribution is 5.94. The van der Waals surface area contributed by atoms with Crippen LogP contribution in [-0.4, -0.2) is 15.9 Å². The second kappa shape index (κ2) is 2.82. The minimum absolute atomic E-state index is 0.0281. The smallest absolute Gasteiger partial charge is 0.312 e. The maximum atomic E-state index is 10.5. The van der Waals surface area contributed by atoms with E-state index >= 15 is 0 Å². The lowest BCUT2D eigenvalue weighted by Gasteiger charge is -1.87. The molecule has 1 rings (SSSR count). The monoisotopic (exact) mass is 153 g/mol. The van der Waals surface area contributed by atoms with Gasteiger partial charge >= 0.3 is 11.6 Å². The molecule has 0 radical (unpaired) electrons. The summed E-state index contributed by atoms with van der Waals surface area (Å²) in [6.45, 7) is 0. The van der Waals surface area contributed by atoms with Crippen molar-refractivity contribution >= 4 is 5.91 Å². The first-order valence-electron chi connectivity index (χ1n) is 2.66. The Balaban J connectivity index is 3.08. The lowest BCUT2D eigenvalue weighted by molar-refractivity contribution is 0.1000. The molecule has 0 saturated heterocycles. The minimum Gasteiger partial charge on any atom is -0.312 e. The molecule has 0 spiro atoms. The number of nitrogens with one attached hydrogen (secondary N) is 1. The molecule has 0 aromatic carbocycles. The van der Waals surface area contributed by atoms with Crippen molar-refractivity contribution in [3.63, 3.8) is 0 Å². The molecule has 0 unspecified atom stereocenters. The van der Waals surface area contributed by atoms with Crippen molar-refractivity contribution in [3.05, 3.63) is 33.3 Å². The summed E-state index contributed by atoms with van der Waals surface area (Å²) in [5, 5.41) is 2.14. The van der Waals surface area contributed by atoms with Crippen molar-refractivity contribution in [2.45, 2.75) is 0 Å². The van der Waals surface area contributed by atoms with Crippen molar-refractivity contribution in [1.29, 1.82) is 0 Å². The van der Waals surface area contributed by atoms with E-state index in [1.54, 1.807) is 0 Å². The van der Waals surface area contributed by atoms with Crippen molar-refractivity contribution in [1.82, 2.24) is 9.97 Å². The van der Waals surface area contributed by atoms with E-state index in [2.05, 4.69) is 15.1 Å². The van der Waals surface area contributed by atoms with Crippen LogP contribution in [0, 0.1) is 4.91 Å². The molecule has 1 aromatic heterocycles. The number of aromatic nitrogens is 2. The highest BCUT2D eigenvalue weighted by Gasteiger charge is 2.04. The number of nitrogens with zero attached hydrogens (tertiary/aromatic N) is 2. The van der Waals surface area contributed by atoms with Gasteiger partial charge in [-0.3, -0.25) is 4.79 Å². The van der Waals surface area contributed by atoms with E-state index < -0.39 is 11.6 Å². The maximum Gasteiger partial charge on any atom is 0.344 e. The van der Waals surface area contributed by atoms with Crippen molar-refractivity contribution in [2.24, 2.45) is 5.18 Å². The second-order valence-electron chi connectivity index (χ2n) is 1.70. The van der Waals surface area contributed by atoms with Gasteiger partial charge in [0.2, 0.25) is 0 Å². The minimum atomic E-state index is -0.950. The summed E-state index contributed by atoms with van der Waals surface area (Å²) in [4.78, 5) is 35.8. The Hall–Kier alpha value is -1.85. The summed E-state index contributed by atoms with van der Waals surface area (Å²) >= 11 is 0. The van der Waals surface area contributed by atoms with Crippen molar-refractivity contribution < 1.29 is 4.79 Å². The molecule has 6 nitrogen and oxygen atoms in total. The highest BCUT2D eigenvalue weighted by Crippen LogP contribution is 1.92. The molecule has 0 aliphatic rings. The SMILES string of the molecule is O=NC(=O)c1cnc(=O)[nH]c1. The molecule has 1 heterocycles. The quantitative estimate of drug-likeness (QED) is 0.559. The third-order valence-corrected chi connectivity index (χ3v) is 1.00. The molecule has 1 aromatic rings. The number of H-pyrrole nitrogens is 1. The first kappa shape index (κ1) is 7.26. The van der Waals surface area contributed by atoms with E-state index in [9.17, 15) is 14.5 Å². The van der Waals surface area contributed by atoms with Gasteiger partial charge in [0.1, 0.15) is 0 Å². The van der Waals surface area contributed by atoms with E-state index in [1.165, 1.54) is 0 Å². The first-order chi connectivity index (χ1) is 5.24. The molecule has 0 aliphatic carbocycles. The molecule has 11 heavy (non-hydrogen) atoms. The Kier molecular flexibility index (Phi) is 1.86. The van der Waals surface area contributed by atoms with Crippen LogP contribution in [0.5, 0.6) is 0 Å². The Morgan fingerprint density at radius 3 is 2.82 bits per heavy atom. The lowest BCUT2D eigenvalue weighted by Crippen LogP contribution is -2.10. The number of carbonyl (C=O) groups excluding carboxylic acids is 1. The van der Waals surface area contributed by atoms with Crippen LogP contribution in [0.2, 0.25) is 0 Å². The lowest BCUT2D eigenvalue weighted by atomic mass is 10.3. The van der Waals surface area contributed by atoms with Crippen LogP contribution in [0.1, 0.15) is 10.4 Å². The Labute approximate surface area is 60.3 Å². The molecule has 6 heteroatoms. The average molecular weight is 153 g/mol. The van der Waals surface area contributed by atoms with Gasteiger partial charge in [0.25, 0.3) is 0 Å². The molecular weight excluding hydrogens is 150 g/mol. The molecule has 0 atom stereocenters. The van der Waals surface area contributed by atoms with Crippen LogP contribution in [0.15, 0.2) is 22.4 Å². The Morgan fingerprint density at radius 1 is 1.64 bits per heavy atom. The molecule has 0 aliphatic heterocycles. The van der Waals surface area contributed by atoms with Crippen LogP contribution in [0.25, 0.3) is 0 Å². The first-order valence-corrected chi connectivity index (χ1v) is 2.66. The molecule has 1 N–H and O–H groups in total. The van der Waals surface area contributed by atoms with Gasteiger partial charge in [-0.15, -0.1) is 4.91 Å². The predicted molar refractivity (Wildman–Crippen MR) is 35.0 cm³/mol. The zero-order valence-corrected chi connectivity index (χ0v) is 5.27. The van der Waals surface area contributed by atoms with Gasteiger partial charge in [-0.05, 0) is 0 Å². The molecule has 0 bridgehead atoms. The maximum absolute atomic E-state index is 10.5.